The Kier molecular flexibility index (Phi) is 4.68. The molecule has 6 heteroatoms. The van der Waals surface area contributed by atoms with Crippen LogP contribution in [0, 0.1) is 0 Å². The van der Waals surface area contributed by atoms with E-state index in [0.29, 0.717) is 23.7 Å². The Balaban J connectivity index is 1.54. The first kappa shape index (κ1) is 18.0. The third-order valence-electron chi connectivity index (χ3n) is 5.55. The van der Waals surface area contributed by atoms with Gasteiger partial charge >= 0.3 is 6.18 Å². The highest BCUT2D eigenvalue weighted by atomic mass is 19.4. The fourth-order valence-corrected chi connectivity index (χ4v) is 4.13. The summed E-state index contributed by atoms with van der Waals surface area (Å²) in [5, 5.41) is 0. The Bertz CT molecular complexity index is 832. The van der Waals surface area contributed by atoms with Gasteiger partial charge in [-0.25, -0.2) is 0 Å². The monoisotopic (exact) mass is 374 g/mol. The molecule has 0 saturated carbocycles. The molecule has 142 valence electrons. The summed E-state index contributed by atoms with van der Waals surface area (Å²) in [5.41, 5.74) is 0.444. The number of hydrogen-bond acceptors (Lipinski definition) is 2. The van der Waals surface area contributed by atoms with Crippen LogP contribution in [0.3, 0.4) is 0 Å². The lowest BCUT2D eigenvalue weighted by molar-refractivity contribution is -0.137. The SMILES string of the molecule is O=C(c1ccc(-c2ccccc2C(F)(F)F)cc1)N1CCN2CCC[C@H]2C1. The molecular formula is C21H21F3N2O. The minimum absolute atomic E-state index is 0.0443. The van der Waals surface area contributed by atoms with E-state index in [1.807, 2.05) is 4.90 Å². The number of carbonyl (C=O) groups is 1. The van der Waals surface area contributed by atoms with Crippen LogP contribution in [0.5, 0.6) is 0 Å². The van der Waals surface area contributed by atoms with Gasteiger partial charge < -0.3 is 4.90 Å². The Morgan fingerprint density at radius 1 is 0.963 bits per heavy atom. The van der Waals surface area contributed by atoms with Gasteiger partial charge in [-0.3, -0.25) is 9.69 Å². The van der Waals surface area contributed by atoms with Gasteiger partial charge in [0, 0.05) is 31.2 Å². The first-order valence-corrected chi connectivity index (χ1v) is 9.23. The number of amides is 1. The summed E-state index contributed by atoms with van der Waals surface area (Å²) in [5.74, 6) is -0.0443. The lowest BCUT2D eigenvalue weighted by Crippen LogP contribution is -2.52. The van der Waals surface area contributed by atoms with E-state index in [2.05, 4.69) is 4.90 Å². The molecule has 0 radical (unpaired) electrons. The number of carbonyl (C=O) groups excluding carboxylic acids is 1. The second-order valence-electron chi connectivity index (χ2n) is 7.20. The molecule has 2 saturated heterocycles. The highest BCUT2D eigenvalue weighted by molar-refractivity contribution is 5.95. The molecule has 0 bridgehead atoms. The molecule has 2 heterocycles. The largest absolute Gasteiger partial charge is 0.417 e. The van der Waals surface area contributed by atoms with Crippen LogP contribution in [0.4, 0.5) is 13.2 Å². The molecule has 2 aliphatic rings. The molecule has 0 aliphatic carbocycles. The summed E-state index contributed by atoms with van der Waals surface area (Å²) in [6.07, 6.45) is -2.11. The van der Waals surface area contributed by atoms with Crippen molar-refractivity contribution >= 4 is 5.91 Å². The van der Waals surface area contributed by atoms with Gasteiger partial charge in [-0.15, -0.1) is 0 Å². The quantitative estimate of drug-likeness (QED) is 0.783. The van der Waals surface area contributed by atoms with E-state index in [0.717, 1.165) is 32.1 Å². The van der Waals surface area contributed by atoms with Crippen LogP contribution in [0.15, 0.2) is 48.5 Å². The van der Waals surface area contributed by atoms with Crippen LogP contribution in [0.25, 0.3) is 11.1 Å². The molecule has 1 atom stereocenters. The normalized spacial score (nSPS) is 20.6. The molecule has 0 unspecified atom stereocenters. The summed E-state index contributed by atoms with van der Waals surface area (Å²) in [6.45, 7) is 3.44. The van der Waals surface area contributed by atoms with Crippen molar-refractivity contribution in [3.05, 3.63) is 59.7 Å². The summed E-state index contributed by atoms with van der Waals surface area (Å²) in [6, 6.07) is 12.4. The molecule has 2 aliphatic heterocycles. The summed E-state index contributed by atoms with van der Waals surface area (Å²) in [7, 11) is 0. The maximum Gasteiger partial charge on any atom is 0.417 e. The number of alkyl halides is 3. The van der Waals surface area contributed by atoms with Crippen molar-refractivity contribution in [1.82, 2.24) is 9.80 Å². The predicted octanol–water partition coefficient (Wildman–Crippen LogP) is 4.29. The van der Waals surface area contributed by atoms with Crippen LogP contribution in [-0.4, -0.2) is 47.9 Å². The van der Waals surface area contributed by atoms with E-state index >= 15 is 0 Å². The lowest BCUT2D eigenvalue weighted by Gasteiger charge is -2.37. The number of piperazine rings is 1. The van der Waals surface area contributed by atoms with E-state index < -0.39 is 11.7 Å². The smallest absolute Gasteiger partial charge is 0.336 e. The number of fused-ring (bicyclic) bond motifs is 1. The van der Waals surface area contributed by atoms with E-state index in [4.69, 9.17) is 0 Å². The summed E-state index contributed by atoms with van der Waals surface area (Å²) in [4.78, 5) is 17.1. The Morgan fingerprint density at radius 3 is 2.44 bits per heavy atom. The predicted molar refractivity (Wildman–Crippen MR) is 97.4 cm³/mol. The van der Waals surface area contributed by atoms with Gasteiger partial charge in [-0.1, -0.05) is 30.3 Å². The van der Waals surface area contributed by atoms with Crippen molar-refractivity contribution in [3.63, 3.8) is 0 Å². The Labute approximate surface area is 156 Å². The zero-order chi connectivity index (χ0) is 19.0. The molecule has 2 aromatic carbocycles. The van der Waals surface area contributed by atoms with Crippen LogP contribution in [0.2, 0.25) is 0 Å². The zero-order valence-corrected chi connectivity index (χ0v) is 14.9. The van der Waals surface area contributed by atoms with Crippen LogP contribution < -0.4 is 0 Å². The molecule has 0 N–H and O–H groups in total. The van der Waals surface area contributed by atoms with E-state index in [9.17, 15) is 18.0 Å². The van der Waals surface area contributed by atoms with Gasteiger partial charge in [0.25, 0.3) is 5.91 Å². The van der Waals surface area contributed by atoms with E-state index in [1.165, 1.54) is 18.6 Å². The van der Waals surface area contributed by atoms with E-state index in [-0.39, 0.29) is 11.5 Å². The first-order valence-electron chi connectivity index (χ1n) is 9.23. The van der Waals surface area contributed by atoms with Crippen molar-refractivity contribution in [2.24, 2.45) is 0 Å². The average molecular weight is 374 g/mol. The number of nitrogens with zero attached hydrogens (tertiary/aromatic N) is 2. The minimum atomic E-state index is -4.41. The molecular weight excluding hydrogens is 353 g/mol. The average Bonchev–Trinajstić information content (AvgIpc) is 3.15. The molecule has 0 aromatic heterocycles. The zero-order valence-electron chi connectivity index (χ0n) is 14.9. The number of rotatable bonds is 2. The van der Waals surface area contributed by atoms with Gasteiger partial charge in [0.1, 0.15) is 0 Å². The maximum absolute atomic E-state index is 13.2. The maximum atomic E-state index is 13.2. The topological polar surface area (TPSA) is 23.6 Å². The molecule has 3 nitrogen and oxygen atoms in total. The van der Waals surface area contributed by atoms with Crippen molar-refractivity contribution < 1.29 is 18.0 Å². The third kappa shape index (κ3) is 3.58. The molecule has 1 amide bonds. The first-order chi connectivity index (χ1) is 12.9. The third-order valence-corrected chi connectivity index (χ3v) is 5.55. The standard InChI is InChI=1S/C21H21F3N2O/c22-21(23,24)19-6-2-1-5-18(19)15-7-9-16(10-8-15)20(27)26-13-12-25-11-3-4-17(25)14-26/h1-2,5-10,17H,3-4,11-14H2/t17-/m0/s1. The molecule has 0 spiro atoms. The van der Waals surface area contributed by atoms with Crippen molar-refractivity contribution in [2.75, 3.05) is 26.2 Å². The number of hydrogen-bond donors (Lipinski definition) is 0. The fraction of sp³-hybridized carbons (Fsp3) is 0.381. The van der Waals surface area contributed by atoms with Crippen molar-refractivity contribution in [3.8, 4) is 11.1 Å². The lowest BCUT2D eigenvalue weighted by atomic mass is 9.98. The van der Waals surface area contributed by atoms with Gasteiger partial charge in [0.2, 0.25) is 0 Å². The number of halogens is 3. The minimum Gasteiger partial charge on any atom is -0.336 e. The van der Waals surface area contributed by atoms with Crippen molar-refractivity contribution in [2.45, 2.75) is 25.1 Å². The van der Waals surface area contributed by atoms with Crippen LogP contribution >= 0.6 is 0 Å². The van der Waals surface area contributed by atoms with Gasteiger partial charge in [0.15, 0.2) is 0 Å². The second-order valence-corrected chi connectivity index (χ2v) is 7.20. The molecule has 27 heavy (non-hydrogen) atoms. The van der Waals surface area contributed by atoms with Crippen LogP contribution in [-0.2, 0) is 6.18 Å². The highest BCUT2D eigenvalue weighted by Crippen LogP contribution is 2.37. The highest BCUT2D eigenvalue weighted by Gasteiger charge is 2.34. The van der Waals surface area contributed by atoms with Crippen molar-refractivity contribution in [1.29, 1.82) is 0 Å². The molecule has 2 fully saturated rings. The fourth-order valence-electron chi connectivity index (χ4n) is 4.13. The second kappa shape index (κ2) is 7.00. The Hall–Kier alpha value is -2.34. The number of benzene rings is 2. The molecule has 4 rings (SSSR count). The van der Waals surface area contributed by atoms with Gasteiger partial charge in [0.05, 0.1) is 5.56 Å². The Morgan fingerprint density at radius 2 is 1.70 bits per heavy atom. The summed E-state index contributed by atoms with van der Waals surface area (Å²) < 4.78 is 39.7. The molecule has 2 aromatic rings. The van der Waals surface area contributed by atoms with Gasteiger partial charge in [-0.05, 0) is 48.7 Å². The van der Waals surface area contributed by atoms with Crippen LogP contribution in [0.1, 0.15) is 28.8 Å². The van der Waals surface area contributed by atoms with E-state index in [1.54, 1.807) is 30.3 Å². The van der Waals surface area contributed by atoms with Gasteiger partial charge in [-0.2, -0.15) is 13.2 Å². The summed E-state index contributed by atoms with van der Waals surface area (Å²) >= 11 is 0.